The molecule has 0 fully saturated rings. The Bertz CT molecular complexity index is 452. The molecule has 7 nitrogen and oxygen atoms in total. The Hall–Kier alpha value is -2.31. The normalized spacial score (nSPS) is 10.6. The van der Waals surface area contributed by atoms with Crippen molar-refractivity contribution in [1.29, 1.82) is 0 Å². The second-order valence-corrected chi connectivity index (χ2v) is 3.43. The predicted octanol–water partition coefficient (Wildman–Crippen LogP) is 3.14. The molecule has 1 aromatic carbocycles. The van der Waals surface area contributed by atoms with Gasteiger partial charge in [-0.2, -0.15) is 0 Å². The third-order valence-corrected chi connectivity index (χ3v) is 2.35. The van der Waals surface area contributed by atoms with Crippen molar-refractivity contribution >= 4 is 17.4 Å². The van der Waals surface area contributed by atoms with Crippen molar-refractivity contribution in [3.8, 4) is 0 Å². The van der Waals surface area contributed by atoms with Crippen LogP contribution >= 0.6 is 0 Å². The number of nitrogens with zero attached hydrogens (tertiary/aromatic N) is 4. The summed E-state index contributed by atoms with van der Waals surface area (Å²) in [6, 6.07) is 5.10. The molecule has 0 aromatic heterocycles. The zero-order chi connectivity index (χ0) is 13.5. The van der Waals surface area contributed by atoms with Crippen molar-refractivity contribution in [1.82, 2.24) is 4.90 Å². The molecule has 96 valence electrons. The third kappa shape index (κ3) is 3.62. The number of carbonyl (C=O) groups excluding carboxylic acids is 1. The number of urea groups is 1. The first-order valence-corrected chi connectivity index (χ1v) is 5.53. The molecule has 2 amide bonds. The maximum Gasteiger partial charge on any atom is 0.362 e. The van der Waals surface area contributed by atoms with E-state index in [0.29, 0.717) is 18.8 Å². The van der Waals surface area contributed by atoms with Gasteiger partial charge in [-0.05, 0) is 26.0 Å². The first-order valence-electron chi connectivity index (χ1n) is 5.53. The van der Waals surface area contributed by atoms with E-state index < -0.39 is 11.0 Å². The lowest BCUT2D eigenvalue weighted by molar-refractivity contribution is -0.384. The molecule has 1 rings (SSSR count). The zero-order valence-corrected chi connectivity index (χ0v) is 10.2. The number of hydrogen-bond acceptors (Lipinski definition) is 4. The fraction of sp³-hybridized carbons (Fsp3) is 0.364. The van der Waals surface area contributed by atoms with Crippen LogP contribution in [-0.2, 0) is 0 Å². The van der Waals surface area contributed by atoms with Crippen LogP contribution in [-0.4, -0.2) is 28.9 Å². The lowest BCUT2D eigenvalue weighted by Gasteiger charge is -2.13. The molecule has 0 bridgehead atoms. The SMILES string of the molecule is CCN(CC)C(=O)N=Nc1ccc([N+](=O)[O-])cc1. The van der Waals surface area contributed by atoms with Gasteiger partial charge in [-0.25, -0.2) is 4.79 Å². The lowest BCUT2D eigenvalue weighted by atomic mass is 10.3. The molecule has 0 spiro atoms. The molecule has 0 saturated carbocycles. The van der Waals surface area contributed by atoms with Gasteiger partial charge in [0.2, 0.25) is 0 Å². The summed E-state index contributed by atoms with van der Waals surface area (Å²) in [4.78, 5) is 23.0. The first-order chi connectivity index (χ1) is 8.58. The number of amides is 2. The Labute approximate surface area is 104 Å². The largest absolute Gasteiger partial charge is 0.362 e. The van der Waals surface area contributed by atoms with E-state index in [1.54, 1.807) is 0 Å². The van der Waals surface area contributed by atoms with Gasteiger partial charge in [0.15, 0.2) is 0 Å². The number of nitro benzene ring substituents is 1. The molecule has 7 heteroatoms. The molecule has 1 aromatic rings. The Balaban J connectivity index is 2.72. The van der Waals surface area contributed by atoms with E-state index in [1.165, 1.54) is 29.2 Å². The summed E-state index contributed by atoms with van der Waals surface area (Å²) >= 11 is 0. The summed E-state index contributed by atoms with van der Waals surface area (Å²) < 4.78 is 0. The lowest BCUT2D eigenvalue weighted by Crippen LogP contribution is -2.27. The topological polar surface area (TPSA) is 88.2 Å². The maximum absolute atomic E-state index is 11.5. The van der Waals surface area contributed by atoms with Crippen molar-refractivity contribution in [2.24, 2.45) is 10.2 Å². The van der Waals surface area contributed by atoms with Crippen LogP contribution in [0.25, 0.3) is 0 Å². The van der Waals surface area contributed by atoms with Crippen molar-refractivity contribution in [3.05, 3.63) is 34.4 Å². The molecular weight excluding hydrogens is 236 g/mol. The number of benzene rings is 1. The summed E-state index contributed by atoms with van der Waals surface area (Å²) in [5.74, 6) is 0. The fourth-order valence-corrected chi connectivity index (χ4v) is 1.30. The molecule has 0 aliphatic rings. The van der Waals surface area contributed by atoms with Crippen LogP contribution in [0.15, 0.2) is 34.5 Å². The quantitative estimate of drug-likeness (QED) is 0.467. The van der Waals surface area contributed by atoms with Gasteiger partial charge in [0.25, 0.3) is 5.69 Å². The van der Waals surface area contributed by atoms with Gasteiger partial charge in [0, 0.05) is 25.2 Å². The Kier molecular flexibility index (Phi) is 4.91. The van der Waals surface area contributed by atoms with Crippen LogP contribution < -0.4 is 0 Å². The number of hydrogen-bond donors (Lipinski definition) is 0. The maximum atomic E-state index is 11.5. The molecule has 0 aliphatic heterocycles. The number of azo groups is 1. The molecule has 0 unspecified atom stereocenters. The van der Waals surface area contributed by atoms with E-state index in [-0.39, 0.29) is 5.69 Å². The Morgan fingerprint density at radius 2 is 1.83 bits per heavy atom. The van der Waals surface area contributed by atoms with E-state index in [4.69, 9.17) is 0 Å². The smallest absolute Gasteiger partial charge is 0.322 e. The minimum absolute atomic E-state index is 0.0241. The van der Waals surface area contributed by atoms with Gasteiger partial charge >= 0.3 is 6.03 Å². The number of nitro groups is 1. The number of carbonyl (C=O) groups is 1. The van der Waals surface area contributed by atoms with E-state index in [2.05, 4.69) is 10.2 Å². The van der Waals surface area contributed by atoms with Crippen LogP contribution in [0.5, 0.6) is 0 Å². The van der Waals surface area contributed by atoms with Crippen LogP contribution in [0, 0.1) is 10.1 Å². The highest BCUT2D eigenvalue weighted by molar-refractivity contribution is 5.74. The summed E-state index contributed by atoms with van der Waals surface area (Å²) in [6.07, 6.45) is 0. The van der Waals surface area contributed by atoms with Crippen LogP contribution in [0.2, 0.25) is 0 Å². The monoisotopic (exact) mass is 250 g/mol. The standard InChI is InChI=1S/C11H14N4O3/c1-3-14(4-2)11(16)13-12-9-5-7-10(8-6-9)15(17)18/h5-8H,3-4H2,1-2H3. The zero-order valence-electron chi connectivity index (χ0n) is 10.2. The summed E-state index contributed by atoms with van der Waals surface area (Å²) in [5.41, 5.74) is 0.380. The first kappa shape index (κ1) is 13.8. The van der Waals surface area contributed by atoms with Crippen molar-refractivity contribution < 1.29 is 9.72 Å². The minimum Gasteiger partial charge on any atom is -0.322 e. The van der Waals surface area contributed by atoms with Gasteiger partial charge in [-0.15, -0.1) is 5.11 Å². The summed E-state index contributed by atoms with van der Waals surface area (Å²) in [5, 5.41) is 17.7. The average Bonchev–Trinajstić information content (AvgIpc) is 2.38. The van der Waals surface area contributed by atoms with E-state index >= 15 is 0 Å². The summed E-state index contributed by atoms with van der Waals surface area (Å²) in [6.45, 7) is 4.83. The summed E-state index contributed by atoms with van der Waals surface area (Å²) in [7, 11) is 0. The van der Waals surface area contributed by atoms with E-state index in [0.717, 1.165) is 0 Å². The van der Waals surface area contributed by atoms with Gasteiger partial charge in [0.05, 0.1) is 10.6 Å². The van der Waals surface area contributed by atoms with Crippen LogP contribution in [0.1, 0.15) is 13.8 Å². The molecule has 0 N–H and O–H groups in total. The third-order valence-electron chi connectivity index (χ3n) is 2.35. The van der Waals surface area contributed by atoms with Gasteiger partial charge < -0.3 is 4.90 Å². The molecule has 0 heterocycles. The molecule has 18 heavy (non-hydrogen) atoms. The average molecular weight is 250 g/mol. The van der Waals surface area contributed by atoms with Gasteiger partial charge in [-0.3, -0.25) is 10.1 Å². The van der Waals surface area contributed by atoms with E-state index in [1.807, 2.05) is 13.8 Å². The highest BCUT2D eigenvalue weighted by Gasteiger charge is 2.07. The second kappa shape index (κ2) is 6.43. The highest BCUT2D eigenvalue weighted by atomic mass is 16.6. The van der Waals surface area contributed by atoms with E-state index in [9.17, 15) is 14.9 Å². The van der Waals surface area contributed by atoms with Crippen molar-refractivity contribution in [2.75, 3.05) is 13.1 Å². The number of non-ortho nitro benzene ring substituents is 1. The fourth-order valence-electron chi connectivity index (χ4n) is 1.30. The number of rotatable bonds is 4. The van der Waals surface area contributed by atoms with Crippen molar-refractivity contribution in [3.63, 3.8) is 0 Å². The van der Waals surface area contributed by atoms with Crippen LogP contribution in [0.4, 0.5) is 16.2 Å². The van der Waals surface area contributed by atoms with Gasteiger partial charge in [-0.1, -0.05) is 5.11 Å². The minimum atomic E-state index is -0.498. The molecular formula is C11H14N4O3. The predicted molar refractivity (Wildman–Crippen MR) is 65.9 cm³/mol. The van der Waals surface area contributed by atoms with Crippen LogP contribution in [0.3, 0.4) is 0 Å². The molecule has 0 aliphatic carbocycles. The van der Waals surface area contributed by atoms with Gasteiger partial charge in [0.1, 0.15) is 0 Å². The molecule has 0 saturated heterocycles. The highest BCUT2D eigenvalue weighted by Crippen LogP contribution is 2.18. The molecule has 0 radical (unpaired) electrons. The molecule has 0 atom stereocenters. The Morgan fingerprint density at radius 1 is 1.28 bits per heavy atom. The second-order valence-electron chi connectivity index (χ2n) is 3.43. The van der Waals surface area contributed by atoms with Crippen molar-refractivity contribution in [2.45, 2.75) is 13.8 Å². The Morgan fingerprint density at radius 3 is 2.28 bits per heavy atom.